The van der Waals surface area contributed by atoms with E-state index >= 15 is 0 Å². The maximum Gasteiger partial charge on any atom is 0.264 e. The molecular weight excluding hydrogens is 336 g/mol. The molecule has 2 heterocycles. The minimum absolute atomic E-state index is 0.181. The smallest absolute Gasteiger partial charge is 0.264 e. The van der Waals surface area contributed by atoms with Crippen LogP contribution in [0.5, 0.6) is 11.6 Å². The molecule has 1 N–H and O–H groups in total. The average Bonchev–Trinajstić information content (AvgIpc) is 2.41. The molecule has 0 amide bonds. The zero-order valence-electron chi connectivity index (χ0n) is 11.7. The third kappa shape index (κ3) is 3.10. The van der Waals surface area contributed by atoms with Crippen molar-refractivity contribution in [3.8, 4) is 11.6 Å². The fraction of sp³-hybridized carbons (Fsp3) is 0.333. The number of hydrogen-bond donors (Lipinski definition) is 1. The molecule has 1 aromatic heterocycles. The van der Waals surface area contributed by atoms with Crippen molar-refractivity contribution in [1.82, 2.24) is 10.2 Å². The molecule has 21 heavy (non-hydrogen) atoms. The number of ether oxygens (including phenoxy) is 2. The lowest BCUT2D eigenvalue weighted by Crippen LogP contribution is -2.36. The molecule has 0 aliphatic carbocycles. The Labute approximate surface area is 130 Å². The van der Waals surface area contributed by atoms with Crippen LogP contribution in [0.4, 0.5) is 0 Å². The minimum Gasteiger partial charge on any atom is -0.487 e. The topological polar surface area (TPSA) is 64.2 Å². The number of fused-ring (bicyclic) bond motifs is 1. The van der Waals surface area contributed by atoms with Gasteiger partial charge in [0.25, 0.3) is 5.56 Å². The van der Waals surface area contributed by atoms with E-state index < -0.39 is 0 Å². The third-order valence-electron chi connectivity index (χ3n) is 3.30. The summed E-state index contributed by atoms with van der Waals surface area (Å²) in [5, 5.41) is 6.28. The minimum atomic E-state index is -0.326. The highest BCUT2D eigenvalue weighted by atomic mass is 79.9. The highest BCUT2D eigenvalue weighted by Gasteiger charge is 2.35. The monoisotopic (exact) mass is 350 g/mol. The van der Waals surface area contributed by atoms with E-state index in [0.717, 1.165) is 15.8 Å². The van der Waals surface area contributed by atoms with Crippen molar-refractivity contribution in [2.45, 2.75) is 32.0 Å². The van der Waals surface area contributed by atoms with E-state index in [4.69, 9.17) is 9.47 Å². The first-order valence-corrected chi connectivity index (χ1v) is 7.43. The van der Waals surface area contributed by atoms with Gasteiger partial charge in [-0.3, -0.25) is 4.79 Å². The number of rotatable bonds is 2. The van der Waals surface area contributed by atoms with Crippen molar-refractivity contribution in [2.75, 3.05) is 0 Å². The number of aromatic nitrogens is 2. The molecule has 5 nitrogen and oxygen atoms in total. The quantitative estimate of drug-likeness (QED) is 0.902. The summed E-state index contributed by atoms with van der Waals surface area (Å²) in [4.78, 5) is 11.1. The number of nitrogens with one attached hydrogen (secondary N) is 1. The molecule has 110 valence electrons. The molecule has 0 fully saturated rings. The molecule has 3 rings (SSSR count). The summed E-state index contributed by atoms with van der Waals surface area (Å²) < 4.78 is 12.9. The van der Waals surface area contributed by atoms with Crippen LogP contribution in [-0.4, -0.2) is 15.8 Å². The predicted molar refractivity (Wildman–Crippen MR) is 81.7 cm³/mol. The van der Waals surface area contributed by atoms with Crippen LogP contribution in [0.1, 0.15) is 31.9 Å². The van der Waals surface area contributed by atoms with Gasteiger partial charge >= 0.3 is 0 Å². The third-order valence-corrected chi connectivity index (χ3v) is 3.79. The number of benzene rings is 1. The van der Waals surface area contributed by atoms with Crippen LogP contribution in [0.15, 0.2) is 39.6 Å². The second-order valence-corrected chi connectivity index (χ2v) is 6.53. The van der Waals surface area contributed by atoms with Crippen LogP contribution in [0.2, 0.25) is 0 Å². The first-order valence-electron chi connectivity index (χ1n) is 6.64. The summed E-state index contributed by atoms with van der Waals surface area (Å²) in [7, 11) is 0. The van der Waals surface area contributed by atoms with E-state index in [9.17, 15) is 4.79 Å². The van der Waals surface area contributed by atoms with E-state index in [-0.39, 0.29) is 17.3 Å². The Morgan fingerprint density at radius 1 is 1.38 bits per heavy atom. The molecule has 2 aromatic rings. The zero-order valence-corrected chi connectivity index (χ0v) is 13.3. The van der Waals surface area contributed by atoms with Crippen molar-refractivity contribution in [3.63, 3.8) is 0 Å². The molecule has 0 bridgehead atoms. The SMILES string of the molecule is CC1(C)CC(Oc2ccc(=O)[nH]n2)c2cc(Br)ccc2O1. The molecule has 0 saturated carbocycles. The first kappa shape index (κ1) is 14.1. The summed E-state index contributed by atoms with van der Waals surface area (Å²) >= 11 is 3.47. The highest BCUT2D eigenvalue weighted by molar-refractivity contribution is 9.10. The van der Waals surface area contributed by atoms with Crippen LogP contribution in [-0.2, 0) is 0 Å². The lowest BCUT2D eigenvalue weighted by atomic mass is 9.91. The van der Waals surface area contributed by atoms with Gasteiger partial charge < -0.3 is 9.47 Å². The van der Waals surface area contributed by atoms with Crippen molar-refractivity contribution in [2.24, 2.45) is 0 Å². The number of H-pyrrole nitrogens is 1. The highest BCUT2D eigenvalue weighted by Crippen LogP contribution is 2.42. The van der Waals surface area contributed by atoms with E-state index in [2.05, 4.69) is 26.1 Å². The van der Waals surface area contributed by atoms with Crippen molar-refractivity contribution < 1.29 is 9.47 Å². The van der Waals surface area contributed by atoms with Gasteiger partial charge in [-0.15, -0.1) is 5.10 Å². The van der Waals surface area contributed by atoms with Gasteiger partial charge in [-0.1, -0.05) is 15.9 Å². The number of halogens is 1. The molecule has 1 atom stereocenters. The molecule has 1 aliphatic heterocycles. The van der Waals surface area contributed by atoms with E-state index in [1.165, 1.54) is 6.07 Å². The molecule has 1 unspecified atom stereocenters. The first-order chi connectivity index (χ1) is 9.93. The molecule has 0 saturated heterocycles. The maximum atomic E-state index is 11.1. The Bertz CT molecular complexity index is 707. The predicted octanol–water partition coefficient (Wildman–Crippen LogP) is 3.21. The van der Waals surface area contributed by atoms with Gasteiger partial charge in [-0.05, 0) is 32.0 Å². The Morgan fingerprint density at radius 2 is 2.19 bits per heavy atom. The van der Waals surface area contributed by atoms with E-state index in [1.54, 1.807) is 6.07 Å². The molecule has 6 heteroatoms. The molecular formula is C15H15BrN2O3. The Hall–Kier alpha value is -1.82. The van der Waals surface area contributed by atoms with Crippen LogP contribution < -0.4 is 15.0 Å². The second kappa shape index (κ2) is 5.18. The Kier molecular flexibility index (Phi) is 3.49. The fourth-order valence-corrected chi connectivity index (χ4v) is 2.79. The largest absolute Gasteiger partial charge is 0.487 e. The molecule has 0 radical (unpaired) electrons. The molecule has 1 aromatic carbocycles. The molecule has 0 spiro atoms. The second-order valence-electron chi connectivity index (χ2n) is 5.61. The normalized spacial score (nSPS) is 19.5. The maximum absolute atomic E-state index is 11.1. The van der Waals surface area contributed by atoms with Crippen molar-refractivity contribution in [3.05, 3.63) is 50.7 Å². The van der Waals surface area contributed by atoms with Crippen LogP contribution in [0, 0.1) is 0 Å². The summed E-state index contributed by atoms with van der Waals surface area (Å²) in [5.74, 6) is 1.20. The number of hydrogen-bond acceptors (Lipinski definition) is 4. The van der Waals surface area contributed by atoms with Gasteiger partial charge in [-0.25, -0.2) is 5.10 Å². The summed E-state index contributed by atoms with van der Waals surface area (Å²) in [6, 6.07) is 8.82. The molecule has 1 aliphatic rings. The van der Waals surface area contributed by atoms with Gasteiger partial charge in [-0.2, -0.15) is 0 Å². The average molecular weight is 351 g/mol. The van der Waals surface area contributed by atoms with Crippen molar-refractivity contribution in [1.29, 1.82) is 0 Å². The zero-order chi connectivity index (χ0) is 15.0. The Balaban J connectivity index is 1.95. The lowest BCUT2D eigenvalue weighted by Gasteiger charge is -2.37. The fourth-order valence-electron chi connectivity index (χ4n) is 2.41. The van der Waals surface area contributed by atoms with Gasteiger partial charge in [0.1, 0.15) is 17.5 Å². The van der Waals surface area contributed by atoms with Crippen LogP contribution >= 0.6 is 15.9 Å². The van der Waals surface area contributed by atoms with E-state index in [1.807, 2.05) is 32.0 Å². The summed E-state index contributed by atoms with van der Waals surface area (Å²) in [5.41, 5.74) is 0.391. The lowest BCUT2D eigenvalue weighted by molar-refractivity contribution is 0.0199. The van der Waals surface area contributed by atoms with Gasteiger partial charge in [0.2, 0.25) is 5.88 Å². The van der Waals surface area contributed by atoms with Gasteiger partial charge in [0.05, 0.1) is 0 Å². The Morgan fingerprint density at radius 3 is 2.90 bits per heavy atom. The number of aromatic amines is 1. The van der Waals surface area contributed by atoms with Crippen LogP contribution in [0.25, 0.3) is 0 Å². The standard InChI is InChI=1S/C15H15BrN2O3/c1-15(2)8-12(20-14-6-5-13(19)17-18-14)10-7-9(16)3-4-11(10)21-15/h3-7,12H,8H2,1-2H3,(H,17,19). The number of nitrogens with zero attached hydrogens (tertiary/aromatic N) is 1. The van der Waals surface area contributed by atoms with Crippen molar-refractivity contribution >= 4 is 15.9 Å². The van der Waals surface area contributed by atoms with Crippen LogP contribution in [0.3, 0.4) is 0 Å². The summed E-state index contributed by atoms with van der Waals surface area (Å²) in [6.45, 7) is 4.04. The van der Waals surface area contributed by atoms with E-state index in [0.29, 0.717) is 12.3 Å². The van der Waals surface area contributed by atoms with Gasteiger partial charge in [0, 0.05) is 28.6 Å². The summed E-state index contributed by atoms with van der Waals surface area (Å²) in [6.07, 6.45) is 0.511. The van der Waals surface area contributed by atoms with Gasteiger partial charge in [0.15, 0.2) is 0 Å².